The van der Waals surface area contributed by atoms with Crippen molar-refractivity contribution in [2.45, 2.75) is 33.4 Å². The molecule has 0 saturated carbocycles. The van der Waals surface area contributed by atoms with E-state index in [1.165, 1.54) is 23.2 Å². The van der Waals surface area contributed by atoms with Gasteiger partial charge in [0.15, 0.2) is 0 Å². The number of benzene rings is 1. The van der Waals surface area contributed by atoms with Gasteiger partial charge in [0, 0.05) is 25.5 Å². The van der Waals surface area contributed by atoms with Crippen molar-refractivity contribution in [2.24, 2.45) is 0 Å². The van der Waals surface area contributed by atoms with E-state index in [2.05, 4.69) is 60.4 Å². The third kappa shape index (κ3) is 4.57. The number of aryl methyl sites for hydroxylation is 1. The first kappa shape index (κ1) is 15.5. The molecule has 21 heavy (non-hydrogen) atoms. The SMILES string of the molecule is CCCNCc1ccc(N(C)Cc2ccccn2)c(C)c1. The fourth-order valence-corrected chi connectivity index (χ4v) is 2.49. The number of hydrogen-bond acceptors (Lipinski definition) is 3. The smallest absolute Gasteiger partial charge is 0.0598 e. The van der Waals surface area contributed by atoms with Gasteiger partial charge in [-0.3, -0.25) is 4.98 Å². The minimum absolute atomic E-state index is 0.828. The van der Waals surface area contributed by atoms with Crippen molar-refractivity contribution in [1.82, 2.24) is 10.3 Å². The number of anilines is 1. The van der Waals surface area contributed by atoms with Crippen LogP contribution < -0.4 is 10.2 Å². The van der Waals surface area contributed by atoms with Gasteiger partial charge < -0.3 is 10.2 Å². The summed E-state index contributed by atoms with van der Waals surface area (Å²) in [5.41, 5.74) is 5.01. The largest absolute Gasteiger partial charge is 0.368 e. The maximum Gasteiger partial charge on any atom is 0.0598 e. The Morgan fingerprint density at radius 3 is 2.71 bits per heavy atom. The van der Waals surface area contributed by atoms with Crippen molar-refractivity contribution >= 4 is 5.69 Å². The highest BCUT2D eigenvalue weighted by molar-refractivity contribution is 5.54. The molecule has 0 fully saturated rings. The highest BCUT2D eigenvalue weighted by Gasteiger charge is 2.06. The zero-order chi connectivity index (χ0) is 15.1. The second kappa shape index (κ2) is 7.79. The number of nitrogens with one attached hydrogen (secondary N) is 1. The van der Waals surface area contributed by atoms with Gasteiger partial charge in [0.2, 0.25) is 0 Å². The molecular formula is C18H25N3. The van der Waals surface area contributed by atoms with Crippen LogP contribution in [0.5, 0.6) is 0 Å². The van der Waals surface area contributed by atoms with E-state index in [4.69, 9.17) is 0 Å². The second-order valence-electron chi connectivity index (χ2n) is 5.47. The lowest BCUT2D eigenvalue weighted by Crippen LogP contribution is -2.19. The third-order valence-electron chi connectivity index (χ3n) is 3.55. The maximum atomic E-state index is 4.39. The molecule has 1 heterocycles. The summed E-state index contributed by atoms with van der Waals surface area (Å²) in [7, 11) is 2.12. The van der Waals surface area contributed by atoms with Gasteiger partial charge in [-0.2, -0.15) is 0 Å². The number of aromatic nitrogens is 1. The number of rotatable bonds is 7. The predicted octanol–water partition coefficient (Wildman–Crippen LogP) is 3.53. The van der Waals surface area contributed by atoms with E-state index < -0.39 is 0 Å². The van der Waals surface area contributed by atoms with Crippen LogP contribution in [0.15, 0.2) is 42.6 Å². The predicted molar refractivity (Wildman–Crippen MR) is 89.5 cm³/mol. The van der Waals surface area contributed by atoms with E-state index in [9.17, 15) is 0 Å². The Balaban J connectivity index is 2.02. The molecule has 112 valence electrons. The summed E-state index contributed by atoms with van der Waals surface area (Å²) < 4.78 is 0. The van der Waals surface area contributed by atoms with Crippen LogP contribution in [-0.4, -0.2) is 18.6 Å². The van der Waals surface area contributed by atoms with E-state index in [0.717, 1.165) is 25.3 Å². The van der Waals surface area contributed by atoms with Crippen molar-refractivity contribution in [3.63, 3.8) is 0 Å². The van der Waals surface area contributed by atoms with Crippen LogP contribution in [-0.2, 0) is 13.1 Å². The van der Waals surface area contributed by atoms with Crippen molar-refractivity contribution < 1.29 is 0 Å². The molecule has 0 bridgehead atoms. The summed E-state index contributed by atoms with van der Waals surface area (Å²) in [6.07, 6.45) is 3.02. The van der Waals surface area contributed by atoms with Gasteiger partial charge in [-0.1, -0.05) is 25.1 Å². The van der Waals surface area contributed by atoms with E-state index in [1.54, 1.807) is 0 Å². The molecule has 0 amide bonds. The molecule has 2 aromatic rings. The average Bonchev–Trinajstić information content (AvgIpc) is 2.48. The van der Waals surface area contributed by atoms with Crippen LogP contribution in [0.3, 0.4) is 0 Å². The summed E-state index contributed by atoms with van der Waals surface area (Å²) in [6, 6.07) is 12.7. The molecule has 0 saturated heterocycles. The Kier molecular flexibility index (Phi) is 5.76. The fourth-order valence-electron chi connectivity index (χ4n) is 2.49. The molecule has 2 rings (SSSR count). The number of nitrogens with zero attached hydrogens (tertiary/aromatic N) is 2. The highest BCUT2D eigenvalue weighted by atomic mass is 15.1. The summed E-state index contributed by atoms with van der Waals surface area (Å²) in [5.74, 6) is 0. The zero-order valence-corrected chi connectivity index (χ0v) is 13.3. The first-order valence-corrected chi connectivity index (χ1v) is 7.62. The van der Waals surface area contributed by atoms with Gasteiger partial charge in [0.25, 0.3) is 0 Å². The molecule has 0 unspecified atom stereocenters. The Morgan fingerprint density at radius 1 is 1.19 bits per heavy atom. The van der Waals surface area contributed by atoms with E-state index in [1.807, 2.05) is 18.3 Å². The fraction of sp³-hybridized carbons (Fsp3) is 0.389. The molecule has 0 radical (unpaired) electrons. The third-order valence-corrected chi connectivity index (χ3v) is 3.55. The lowest BCUT2D eigenvalue weighted by atomic mass is 10.1. The molecule has 1 aromatic carbocycles. The van der Waals surface area contributed by atoms with Crippen LogP contribution in [0.2, 0.25) is 0 Å². The van der Waals surface area contributed by atoms with Crippen LogP contribution in [0, 0.1) is 6.92 Å². The maximum absolute atomic E-state index is 4.39. The van der Waals surface area contributed by atoms with Crippen molar-refractivity contribution in [2.75, 3.05) is 18.5 Å². The molecule has 0 spiro atoms. The van der Waals surface area contributed by atoms with Crippen LogP contribution in [0.25, 0.3) is 0 Å². The first-order valence-electron chi connectivity index (χ1n) is 7.62. The Labute approximate surface area is 128 Å². The second-order valence-corrected chi connectivity index (χ2v) is 5.47. The molecule has 1 aromatic heterocycles. The molecule has 3 heteroatoms. The van der Waals surface area contributed by atoms with Crippen molar-refractivity contribution in [3.8, 4) is 0 Å². The van der Waals surface area contributed by atoms with Gasteiger partial charge >= 0.3 is 0 Å². The van der Waals surface area contributed by atoms with Crippen LogP contribution in [0.4, 0.5) is 5.69 Å². The summed E-state index contributed by atoms with van der Waals surface area (Å²) >= 11 is 0. The number of pyridine rings is 1. The van der Waals surface area contributed by atoms with Gasteiger partial charge in [0.05, 0.1) is 12.2 Å². The molecule has 0 aliphatic heterocycles. The van der Waals surface area contributed by atoms with Crippen LogP contribution >= 0.6 is 0 Å². The first-order chi connectivity index (χ1) is 10.2. The topological polar surface area (TPSA) is 28.2 Å². The normalized spacial score (nSPS) is 10.6. The van der Waals surface area contributed by atoms with E-state index in [0.29, 0.717) is 0 Å². The molecule has 3 nitrogen and oxygen atoms in total. The lowest BCUT2D eigenvalue weighted by molar-refractivity contribution is 0.675. The van der Waals surface area contributed by atoms with E-state index >= 15 is 0 Å². The highest BCUT2D eigenvalue weighted by Crippen LogP contribution is 2.21. The zero-order valence-electron chi connectivity index (χ0n) is 13.3. The summed E-state index contributed by atoms with van der Waals surface area (Å²) in [4.78, 5) is 6.64. The molecule has 1 N–H and O–H groups in total. The van der Waals surface area contributed by atoms with Gasteiger partial charge in [-0.25, -0.2) is 0 Å². The Bertz CT molecular complexity index is 552. The van der Waals surface area contributed by atoms with Crippen molar-refractivity contribution in [3.05, 3.63) is 59.4 Å². The van der Waals surface area contributed by atoms with Crippen LogP contribution in [0.1, 0.15) is 30.2 Å². The lowest BCUT2D eigenvalue weighted by Gasteiger charge is -2.21. The Hall–Kier alpha value is -1.87. The average molecular weight is 283 g/mol. The quantitative estimate of drug-likeness (QED) is 0.788. The standard InChI is InChI=1S/C18H25N3/c1-4-10-19-13-16-8-9-18(15(2)12-16)21(3)14-17-7-5-6-11-20-17/h5-9,11-12,19H,4,10,13-14H2,1-3H3. The molecule has 0 atom stereocenters. The van der Waals surface area contributed by atoms with Gasteiger partial charge in [-0.05, 0) is 49.2 Å². The monoisotopic (exact) mass is 283 g/mol. The van der Waals surface area contributed by atoms with Gasteiger partial charge in [-0.15, -0.1) is 0 Å². The molecular weight excluding hydrogens is 258 g/mol. The minimum Gasteiger partial charge on any atom is -0.368 e. The van der Waals surface area contributed by atoms with E-state index in [-0.39, 0.29) is 0 Å². The Morgan fingerprint density at radius 2 is 2.05 bits per heavy atom. The minimum atomic E-state index is 0.828. The summed E-state index contributed by atoms with van der Waals surface area (Å²) in [6.45, 7) is 7.20. The van der Waals surface area contributed by atoms with Gasteiger partial charge in [0.1, 0.15) is 0 Å². The number of hydrogen-bond donors (Lipinski definition) is 1. The summed E-state index contributed by atoms with van der Waals surface area (Å²) in [5, 5.41) is 3.44. The molecule has 0 aliphatic rings. The molecule has 0 aliphatic carbocycles. The van der Waals surface area contributed by atoms with Crippen molar-refractivity contribution in [1.29, 1.82) is 0 Å².